The maximum Gasteiger partial charge on any atom is 0.220 e. The van der Waals surface area contributed by atoms with Crippen LogP contribution in [-0.4, -0.2) is 32.3 Å². The minimum atomic E-state index is -1.67. The van der Waals surface area contributed by atoms with Crippen molar-refractivity contribution in [2.45, 2.75) is 30.1 Å². The van der Waals surface area contributed by atoms with Crippen molar-refractivity contribution in [3.05, 3.63) is 59.9 Å². The molecule has 1 aliphatic rings. The van der Waals surface area contributed by atoms with E-state index in [-0.39, 0.29) is 17.1 Å². The van der Waals surface area contributed by atoms with Crippen LogP contribution in [0.3, 0.4) is 0 Å². The normalized spacial score (nSPS) is 16.3. The first-order valence-electron chi connectivity index (χ1n) is 10.7. The molecule has 8 nitrogen and oxygen atoms in total. The molecule has 11 heteroatoms. The van der Waals surface area contributed by atoms with Gasteiger partial charge in [-0.1, -0.05) is 13.0 Å². The van der Waals surface area contributed by atoms with E-state index in [1.165, 1.54) is 23.9 Å². The van der Waals surface area contributed by atoms with Crippen molar-refractivity contribution >= 4 is 34.0 Å². The highest BCUT2D eigenvalue weighted by Crippen LogP contribution is 2.44. The van der Waals surface area contributed by atoms with Gasteiger partial charge in [0.25, 0.3) is 0 Å². The number of anilines is 2. The van der Waals surface area contributed by atoms with Crippen molar-refractivity contribution in [1.29, 1.82) is 0 Å². The zero-order valence-electron chi connectivity index (χ0n) is 18.4. The summed E-state index contributed by atoms with van der Waals surface area (Å²) in [6.07, 6.45) is 6.21. The summed E-state index contributed by atoms with van der Waals surface area (Å²) in [5, 5.41) is 4.31. The summed E-state index contributed by atoms with van der Waals surface area (Å²) >= 11 is 1.50. The summed E-state index contributed by atoms with van der Waals surface area (Å²) in [5.74, 6) is -0.409. The van der Waals surface area contributed by atoms with Gasteiger partial charge in [-0.2, -0.15) is 0 Å². The van der Waals surface area contributed by atoms with E-state index < -0.39 is 16.8 Å². The lowest BCUT2D eigenvalue weighted by atomic mass is 9.82. The molecule has 1 unspecified atom stereocenters. The molecule has 1 aliphatic heterocycles. The largest absolute Gasteiger partial charge is 0.471 e. The van der Waals surface area contributed by atoms with Crippen molar-refractivity contribution in [2.75, 3.05) is 23.5 Å². The first kappa shape index (κ1) is 22.6. The molecule has 0 bridgehead atoms. The summed E-state index contributed by atoms with van der Waals surface area (Å²) in [6.45, 7) is 3.99. The van der Waals surface area contributed by atoms with Gasteiger partial charge in [0, 0.05) is 17.2 Å². The van der Waals surface area contributed by atoms with Gasteiger partial charge in [0.1, 0.15) is 6.26 Å². The van der Waals surface area contributed by atoms with Crippen LogP contribution in [0.2, 0.25) is 0 Å². The van der Waals surface area contributed by atoms with Crippen molar-refractivity contribution in [2.24, 2.45) is 0 Å². The molecule has 4 aromatic rings. The van der Waals surface area contributed by atoms with E-state index in [4.69, 9.17) is 15.1 Å². The Hall–Kier alpha value is -3.15. The Bertz CT molecular complexity index is 1340. The summed E-state index contributed by atoms with van der Waals surface area (Å²) < 4.78 is 36.0. The number of furan rings is 1. The predicted octanol–water partition coefficient (Wildman–Crippen LogP) is 4.36. The average Bonchev–Trinajstić information content (AvgIpc) is 3.52. The van der Waals surface area contributed by atoms with Gasteiger partial charge in [-0.15, -0.1) is 11.3 Å². The molecule has 1 aromatic carbocycles. The smallest absolute Gasteiger partial charge is 0.220 e. The molecule has 0 aliphatic carbocycles. The van der Waals surface area contributed by atoms with Crippen LogP contribution in [0.1, 0.15) is 24.8 Å². The van der Waals surface area contributed by atoms with Gasteiger partial charge in [0.05, 0.1) is 38.1 Å². The molecule has 4 N–H and O–H groups in total. The fraction of sp³-hybridized carbons (Fsp3) is 0.261. The number of aromatic nitrogens is 3. The Morgan fingerprint density at radius 3 is 2.79 bits per heavy atom. The molecule has 1 saturated heterocycles. The third-order valence-electron chi connectivity index (χ3n) is 5.92. The number of rotatable bonds is 6. The van der Waals surface area contributed by atoms with E-state index in [0.717, 1.165) is 35.8 Å². The van der Waals surface area contributed by atoms with Gasteiger partial charge in [-0.3, -0.25) is 4.72 Å². The Labute approximate surface area is 202 Å². The number of thiazole rings is 1. The van der Waals surface area contributed by atoms with Crippen LogP contribution in [0.5, 0.6) is 0 Å². The summed E-state index contributed by atoms with van der Waals surface area (Å²) in [7, 11) is -1.67. The quantitative estimate of drug-likeness (QED) is 0.361. The number of benzene rings is 1. The Kier molecular flexibility index (Phi) is 6.15. The topological polar surface area (TPSA) is 119 Å². The second-order valence-electron chi connectivity index (χ2n) is 8.30. The highest BCUT2D eigenvalue weighted by Gasteiger charge is 2.34. The Morgan fingerprint density at radius 1 is 1.24 bits per heavy atom. The van der Waals surface area contributed by atoms with Crippen LogP contribution < -0.4 is 15.8 Å². The lowest BCUT2D eigenvalue weighted by molar-refractivity contribution is 0.334. The van der Waals surface area contributed by atoms with Crippen LogP contribution in [0.15, 0.2) is 58.4 Å². The SMILES string of the molecule is CC1(c2nc(-c3cccc(NS(=O)c4ccoc4)c3F)c(-c3ccnc(N)n3)s2)CCNCC1. The van der Waals surface area contributed by atoms with E-state index in [2.05, 4.69) is 26.9 Å². The zero-order valence-corrected chi connectivity index (χ0v) is 20.0. The molecule has 0 saturated carbocycles. The first-order chi connectivity index (χ1) is 16.4. The van der Waals surface area contributed by atoms with Crippen molar-refractivity contribution in [3.63, 3.8) is 0 Å². The highest BCUT2D eigenvalue weighted by atomic mass is 32.2. The predicted molar refractivity (Wildman–Crippen MR) is 131 cm³/mol. The van der Waals surface area contributed by atoms with Gasteiger partial charge in [-0.05, 0) is 50.2 Å². The van der Waals surface area contributed by atoms with Gasteiger partial charge >= 0.3 is 0 Å². The number of hydrogen-bond acceptors (Lipinski definition) is 8. The van der Waals surface area contributed by atoms with E-state index >= 15 is 4.39 Å². The molecular weight excluding hydrogens is 475 g/mol. The monoisotopic (exact) mass is 498 g/mol. The molecule has 34 heavy (non-hydrogen) atoms. The van der Waals surface area contributed by atoms with Gasteiger partial charge < -0.3 is 15.5 Å². The van der Waals surface area contributed by atoms with E-state index in [1.54, 1.807) is 36.5 Å². The molecule has 5 rings (SSSR count). The maximum absolute atomic E-state index is 15.8. The summed E-state index contributed by atoms with van der Waals surface area (Å²) in [5.41, 5.74) is 7.18. The minimum absolute atomic E-state index is 0.104. The van der Waals surface area contributed by atoms with Gasteiger partial charge in [0.2, 0.25) is 5.95 Å². The molecule has 1 atom stereocenters. The Morgan fingerprint density at radius 2 is 2.06 bits per heavy atom. The Balaban J connectivity index is 1.60. The molecule has 0 radical (unpaired) electrons. The van der Waals surface area contributed by atoms with Crippen LogP contribution in [-0.2, 0) is 16.4 Å². The molecule has 1 fully saturated rings. The minimum Gasteiger partial charge on any atom is -0.471 e. The number of hydrogen-bond donors (Lipinski definition) is 3. The number of halogens is 1. The summed E-state index contributed by atoms with van der Waals surface area (Å²) in [6, 6.07) is 8.22. The molecule has 176 valence electrons. The van der Waals surface area contributed by atoms with Gasteiger partial charge in [-0.25, -0.2) is 23.6 Å². The van der Waals surface area contributed by atoms with Crippen LogP contribution in [0, 0.1) is 5.82 Å². The average molecular weight is 499 g/mol. The summed E-state index contributed by atoms with van der Waals surface area (Å²) in [4.78, 5) is 14.4. The maximum atomic E-state index is 15.8. The zero-order chi connectivity index (χ0) is 23.7. The van der Waals surface area contributed by atoms with Crippen LogP contribution in [0.4, 0.5) is 16.0 Å². The second-order valence-corrected chi connectivity index (χ2v) is 10.5. The molecule has 3 aromatic heterocycles. The fourth-order valence-corrected chi connectivity index (χ4v) is 5.99. The number of nitrogens with zero attached hydrogens (tertiary/aromatic N) is 3. The number of piperidine rings is 1. The van der Waals surface area contributed by atoms with Gasteiger partial charge in [0.15, 0.2) is 16.8 Å². The van der Waals surface area contributed by atoms with E-state index in [0.29, 0.717) is 21.8 Å². The number of nitrogens with two attached hydrogens (primary N) is 1. The standard InChI is InChI=1S/C23H23FN6O2S2/c1-23(7-10-26-11-8-23)21-29-19(20(33-21)17-5-9-27-22(25)28-17)15-3-2-4-16(18(15)24)30-34(31)14-6-12-32-13-14/h2-6,9,12-13,26,30H,7-8,10-11H2,1H3,(H2,25,27,28). The van der Waals surface area contributed by atoms with Crippen molar-refractivity contribution in [3.8, 4) is 21.8 Å². The van der Waals surface area contributed by atoms with Crippen LogP contribution >= 0.6 is 11.3 Å². The lowest BCUT2D eigenvalue weighted by Gasteiger charge is -2.32. The molecule has 4 heterocycles. The third kappa shape index (κ3) is 4.33. The fourth-order valence-electron chi connectivity index (χ4n) is 3.94. The lowest BCUT2D eigenvalue weighted by Crippen LogP contribution is -2.37. The molecule has 0 spiro atoms. The van der Waals surface area contributed by atoms with E-state index in [9.17, 15) is 4.21 Å². The number of nitrogens with one attached hydrogen (secondary N) is 2. The van der Waals surface area contributed by atoms with Crippen molar-refractivity contribution < 1.29 is 13.0 Å². The molecule has 0 amide bonds. The first-order valence-corrected chi connectivity index (χ1v) is 12.7. The molecular formula is C23H23FN6O2S2. The second kappa shape index (κ2) is 9.24. The van der Waals surface area contributed by atoms with E-state index in [1.807, 2.05) is 0 Å². The third-order valence-corrected chi connectivity index (χ3v) is 8.37. The highest BCUT2D eigenvalue weighted by molar-refractivity contribution is 7.86. The van der Waals surface area contributed by atoms with Crippen molar-refractivity contribution in [1.82, 2.24) is 20.3 Å². The number of nitrogen functional groups attached to an aromatic ring is 1. The van der Waals surface area contributed by atoms with Crippen LogP contribution in [0.25, 0.3) is 21.8 Å².